The maximum atomic E-state index is 12.4. The first kappa shape index (κ1) is 16.2. The molecule has 0 bridgehead atoms. The molecule has 1 heterocycles. The zero-order valence-electron chi connectivity index (χ0n) is 14.4. The number of carbonyl (C=O) groups excluding carboxylic acids is 1. The molecule has 4 N–H and O–H groups in total. The number of fused-ring (bicyclic) bond motifs is 1. The van der Waals surface area contributed by atoms with Crippen molar-refractivity contribution in [1.29, 1.82) is 0 Å². The molecule has 130 valence electrons. The maximum absolute atomic E-state index is 12.4. The van der Waals surface area contributed by atoms with Crippen molar-refractivity contribution in [2.75, 3.05) is 11.1 Å². The minimum atomic E-state index is -0.156. The maximum Gasteiger partial charge on any atom is 0.255 e. The van der Waals surface area contributed by atoms with E-state index in [9.17, 15) is 4.79 Å². The Kier molecular flexibility index (Phi) is 4.32. The number of nitrogen functional groups attached to an aromatic ring is 1. The van der Waals surface area contributed by atoms with E-state index in [2.05, 4.69) is 41.1 Å². The molecule has 4 heteroatoms. The Balaban J connectivity index is 1.42. The molecule has 0 saturated carbocycles. The van der Waals surface area contributed by atoms with Crippen molar-refractivity contribution in [2.24, 2.45) is 5.92 Å². The Morgan fingerprint density at radius 2 is 1.81 bits per heavy atom. The van der Waals surface area contributed by atoms with Crippen molar-refractivity contribution in [3.63, 3.8) is 0 Å². The lowest BCUT2D eigenvalue weighted by Crippen LogP contribution is -2.25. The molecule has 0 saturated heterocycles. The predicted octanol–water partition coefficient (Wildman–Crippen LogP) is 3.66. The number of allylic oxidation sites excluding steroid dienone is 2. The van der Waals surface area contributed by atoms with Crippen LogP contribution in [0.1, 0.15) is 15.9 Å². The van der Waals surface area contributed by atoms with Crippen LogP contribution < -0.4 is 16.4 Å². The largest absolute Gasteiger partial charge is 0.397 e. The summed E-state index contributed by atoms with van der Waals surface area (Å²) in [6, 6.07) is 15.4. The molecule has 2 aliphatic rings. The number of amides is 1. The van der Waals surface area contributed by atoms with Crippen LogP contribution in [0.2, 0.25) is 0 Å². The normalized spacial score (nSPS) is 20.2. The van der Waals surface area contributed by atoms with Gasteiger partial charge in [0, 0.05) is 11.5 Å². The minimum Gasteiger partial charge on any atom is -0.397 e. The van der Waals surface area contributed by atoms with Gasteiger partial charge in [0.1, 0.15) is 0 Å². The smallest absolute Gasteiger partial charge is 0.255 e. The van der Waals surface area contributed by atoms with E-state index in [1.807, 2.05) is 36.4 Å². The number of rotatable bonds is 4. The van der Waals surface area contributed by atoms with Crippen molar-refractivity contribution >= 4 is 17.3 Å². The van der Waals surface area contributed by atoms with E-state index in [4.69, 9.17) is 5.73 Å². The molecule has 0 aromatic heterocycles. The highest BCUT2D eigenvalue weighted by Gasteiger charge is 2.26. The van der Waals surface area contributed by atoms with Crippen LogP contribution in [0, 0.1) is 5.92 Å². The predicted molar refractivity (Wildman–Crippen MR) is 106 cm³/mol. The number of para-hydroxylation sites is 2. The molecule has 2 aromatic rings. The van der Waals surface area contributed by atoms with Gasteiger partial charge in [0.25, 0.3) is 5.91 Å². The van der Waals surface area contributed by atoms with Gasteiger partial charge in [-0.25, -0.2) is 0 Å². The minimum absolute atomic E-state index is 0.156. The number of carbonyl (C=O) groups is 1. The van der Waals surface area contributed by atoms with Gasteiger partial charge in [-0.15, -0.1) is 0 Å². The molecule has 2 atom stereocenters. The fraction of sp³-hybridized carbons (Fsp3) is 0.136. The van der Waals surface area contributed by atoms with Crippen molar-refractivity contribution < 1.29 is 4.79 Å². The molecular weight excluding hydrogens is 322 g/mol. The SMILES string of the molecule is Nc1ccccc1NC(=O)c1ccc(CC2=CNC3C=CC=CC23)cc1. The van der Waals surface area contributed by atoms with Crippen LogP contribution in [0.25, 0.3) is 0 Å². The molecule has 0 radical (unpaired) electrons. The number of nitrogens with one attached hydrogen (secondary N) is 2. The van der Waals surface area contributed by atoms with Gasteiger partial charge in [-0.1, -0.05) is 48.6 Å². The summed E-state index contributed by atoms with van der Waals surface area (Å²) in [4.78, 5) is 12.4. The van der Waals surface area contributed by atoms with E-state index < -0.39 is 0 Å². The Hall–Kier alpha value is -3.27. The van der Waals surface area contributed by atoms with Crippen LogP contribution >= 0.6 is 0 Å². The number of benzene rings is 2. The van der Waals surface area contributed by atoms with Gasteiger partial charge in [-0.3, -0.25) is 4.79 Å². The zero-order chi connectivity index (χ0) is 17.9. The number of hydrogen-bond donors (Lipinski definition) is 3. The molecule has 0 spiro atoms. The second-order valence-corrected chi connectivity index (χ2v) is 6.62. The van der Waals surface area contributed by atoms with E-state index in [0.29, 0.717) is 28.9 Å². The summed E-state index contributed by atoms with van der Waals surface area (Å²) in [6.07, 6.45) is 11.6. The molecule has 1 aliphatic carbocycles. The molecular formula is C22H21N3O. The van der Waals surface area contributed by atoms with Gasteiger partial charge < -0.3 is 16.4 Å². The summed E-state index contributed by atoms with van der Waals surface area (Å²) in [7, 11) is 0. The molecule has 4 rings (SSSR count). The monoisotopic (exact) mass is 343 g/mol. The van der Waals surface area contributed by atoms with Gasteiger partial charge >= 0.3 is 0 Å². The van der Waals surface area contributed by atoms with E-state index >= 15 is 0 Å². The average molecular weight is 343 g/mol. The second kappa shape index (κ2) is 6.92. The zero-order valence-corrected chi connectivity index (χ0v) is 14.4. The Morgan fingerprint density at radius 3 is 2.62 bits per heavy atom. The Morgan fingerprint density at radius 1 is 1.04 bits per heavy atom. The topological polar surface area (TPSA) is 67.1 Å². The third-order valence-corrected chi connectivity index (χ3v) is 4.86. The number of anilines is 2. The van der Waals surface area contributed by atoms with E-state index in [1.165, 1.54) is 11.1 Å². The Bertz CT molecular complexity index is 909. The van der Waals surface area contributed by atoms with Crippen molar-refractivity contribution in [2.45, 2.75) is 12.5 Å². The van der Waals surface area contributed by atoms with Crippen LogP contribution in [0.15, 0.2) is 84.6 Å². The van der Waals surface area contributed by atoms with Crippen molar-refractivity contribution in [3.8, 4) is 0 Å². The molecule has 1 amide bonds. The number of nitrogens with two attached hydrogens (primary N) is 1. The third-order valence-electron chi connectivity index (χ3n) is 4.86. The molecule has 2 aromatic carbocycles. The standard InChI is InChI=1S/C22H21N3O/c23-19-6-2-4-8-21(19)25-22(26)16-11-9-15(10-12-16)13-17-14-24-20-7-3-1-5-18(17)20/h1-12,14,18,20,24H,13,23H2,(H,25,26). The van der Waals surface area contributed by atoms with Crippen LogP contribution in [0.5, 0.6) is 0 Å². The molecule has 26 heavy (non-hydrogen) atoms. The summed E-state index contributed by atoms with van der Waals surface area (Å²) >= 11 is 0. The van der Waals surface area contributed by atoms with Gasteiger partial charge in [-0.05, 0) is 48.0 Å². The van der Waals surface area contributed by atoms with Crippen LogP contribution in [0.3, 0.4) is 0 Å². The molecule has 4 nitrogen and oxygen atoms in total. The molecule has 2 unspecified atom stereocenters. The third kappa shape index (κ3) is 3.26. The van der Waals surface area contributed by atoms with Crippen LogP contribution in [-0.2, 0) is 6.42 Å². The lowest BCUT2D eigenvalue weighted by atomic mass is 9.88. The summed E-state index contributed by atoms with van der Waals surface area (Å²) in [5, 5.41) is 6.27. The van der Waals surface area contributed by atoms with Gasteiger partial charge in [0.05, 0.1) is 17.4 Å². The first-order valence-electron chi connectivity index (χ1n) is 8.75. The lowest BCUT2D eigenvalue weighted by Gasteiger charge is -2.19. The fourth-order valence-corrected chi connectivity index (χ4v) is 3.40. The van der Waals surface area contributed by atoms with E-state index in [1.54, 1.807) is 12.1 Å². The molecule has 1 aliphatic heterocycles. The highest BCUT2D eigenvalue weighted by Crippen LogP contribution is 2.29. The second-order valence-electron chi connectivity index (χ2n) is 6.62. The summed E-state index contributed by atoms with van der Waals surface area (Å²) in [5.74, 6) is 0.264. The summed E-state index contributed by atoms with van der Waals surface area (Å²) in [6.45, 7) is 0. The van der Waals surface area contributed by atoms with Crippen molar-refractivity contribution in [3.05, 3.63) is 95.7 Å². The quantitative estimate of drug-likeness (QED) is 0.742. The first-order chi connectivity index (χ1) is 12.7. The van der Waals surface area contributed by atoms with E-state index in [-0.39, 0.29) is 5.91 Å². The summed E-state index contributed by atoms with van der Waals surface area (Å²) < 4.78 is 0. The summed E-state index contributed by atoms with van der Waals surface area (Å²) in [5.41, 5.74) is 10.2. The van der Waals surface area contributed by atoms with Gasteiger partial charge in [-0.2, -0.15) is 0 Å². The Labute approximate surface area is 153 Å². The van der Waals surface area contributed by atoms with E-state index in [0.717, 1.165) is 6.42 Å². The molecule has 0 fully saturated rings. The van der Waals surface area contributed by atoms with Gasteiger partial charge in [0.15, 0.2) is 0 Å². The average Bonchev–Trinajstić information content (AvgIpc) is 3.07. The van der Waals surface area contributed by atoms with Crippen molar-refractivity contribution in [1.82, 2.24) is 5.32 Å². The lowest BCUT2D eigenvalue weighted by molar-refractivity contribution is 0.102. The highest BCUT2D eigenvalue weighted by molar-refractivity contribution is 6.05. The van der Waals surface area contributed by atoms with Crippen LogP contribution in [0.4, 0.5) is 11.4 Å². The highest BCUT2D eigenvalue weighted by atomic mass is 16.1. The van der Waals surface area contributed by atoms with Crippen LogP contribution in [-0.4, -0.2) is 11.9 Å². The van der Waals surface area contributed by atoms with Gasteiger partial charge in [0.2, 0.25) is 0 Å². The first-order valence-corrected chi connectivity index (χ1v) is 8.75. The fourth-order valence-electron chi connectivity index (χ4n) is 3.40. The number of hydrogen-bond acceptors (Lipinski definition) is 3.